The molecule has 0 saturated heterocycles. The first-order valence-corrected chi connectivity index (χ1v) is 8.94. The van der Waals surface area contributed by atoms with E-state index in [1.807, 2.05) is 6.92 Å². The fraction of sp³-hybridized carbons (Fsp3) is 0.238. The molecule has 154 valence electrons. The number of benzene rings is 2. The van der Waals surface area contributed by atoms with E-state index in [-0.39, 0.29) is 5.75 Å². The maximum atomic E-state index is 13.6. The van der Waals surface area contributed by atoms with Crippen LogP contribution in [0.1, 0.15) is 19.4 Å². The Labute approximate surface area is 168 Å². The van der Waals surface area contributed by atoms with Gasteiger partial charge in [-0.25, -0.2) is 4.39 Å². The normalized spacial score (nSPS) is 11.6. The maximum Gasteiger partial charge on any atom is 0.279 e. The third-order valence-corrected chi connectivity index (χ3v) is 3.73. The maximum absolute atomic E-state index is 13.6. The molecule has 0 aliphatic rings. The Morgan fingerprint density at radius 1 is 1.10 bits per heavy atom. The third kappa shape index (κ3) is 6.53. The smallest absolute Gasteiger partial charge is 0.279 e. The number of halogens is 1. The zero-order chi connectivity index (χ0) is 21.2. The molecule has 2 aromatic rings. The molecule has 29 heavy (non-hydrogen) atoms. The van der Waals surface area contributed by atoms with Gasteiger partial charge in [0.1, 0.15) is 0 Å². The van der Waals surface area contributed by atoms with Crippen LogP contribution in [0.15, 0.2) is 48.5 Å². The van der Waals surface area contributed by atoms with Gasteiger partial charge in [0.25, 0.3) is 11.8 Å². The number of carbonyl (C=O) groups excluding carboxylic acids is 2. The molecule has 0 aromatic heterocycles. The molecule has 0 fully saturated rings. The van der Waals surface area contributed by atoms with Gasteiger partial charge in [-0.3, -0.25) is 20.4 Å². The number of ether oxygens (including phenoxy) is 3. The van der Waals surface area contributed by atoms with Gasteiger partial charge < -0.3 is 14.2 Å². The van der Waals surface area contributed by atoms with Crippen LogP contribution in [0.5, 0.6) is 17.2 Å². The molecule has 7 nitrogen and oxygen atoms in total. The summed E-state index contributed by atoms with van der Waals surface area (Å²) in [5.74, 6) is -0.658. The molecule has 0 bridgehead atoms. The number of hydrogen-bond acceptors (Lipinski definition) is 5. The van der Waals surface area contributed by atoms with Crippen LogP contribution in [0, 0.1) is 5.82 Å². The molecular formula is C21H23FN2O5. The van der Waals surface area contributed by atoms with Crippen LogP contribution >= 0.6 is 0 Å². The van der Waals surface area contributed by atoms with E-state index in [4.69, 9.17) is 14.2 Å². The highest BCUT2D eigenvalue weighted by Crippen LogP contribution is 2.28. The Bertz CT molecular complexity index is 885. The van der Waals surface area contributed by atoms with E-state index in [9.17, 15) is 14.0 Å². The van der Waals surface area contributed by atoms with Crippen LogP contribution in [0.25, 0.3) is 6.08 Å². The molecule has 8 heteroatoms. The molecular weight excluding hydrogens is 379 g/mol. The lowest BCUT2D eigenvalue weighted by Gasteiger charge is -2.15. The molecule has 2 rings (SSSR count). The van der Waals surface area contributed by atoms with Crippen LogP contribution < -0.4 is 25.1 Å². The molecule has 0 radical (unpaired) electrons. The van der Waals surface area contributed by atoms with Crippen molar-refractivity contribution in [1.29, 1.82) is 0 Å². The lowest BCUT2D eigenvalue weighted by molar-refractivity contribution is -0.131. The fourth-order valence-corrected chi connectivity index (χ4v) is 2.29. The van der Waals surface area contributed by atoms with Gasteiger partial charge in [0.05, 0.1) is 13.7 Å². The van der Waals surface area contributed by atoms with Crippen LogP contribution in [0.2, 0.25) is 0 Å². The Balaban J connectivity index is 1.88. The Kier molecular flexibility index (Phi) is 8.02. The van der Waals surface area contributed by atoms with Crippen LogP contribution in [0.3, 0.4) is 0 Å². The average molecular weight is 402 g/mol. The van der Waals surface area contributed by atoms with E-state index in [1.54, 1.807) is 37.5 Å². The van der Waals surface area contributed by atoms with E-state index >= 15 is 0 Å². The number of hydrazine groups is 1. The SMILES string of the molecule is CCOc1cc(/C=C/C(=O)NNC(=O)[C@@H](C)Oc2ccccc2F)ccc1OC. The lowest BCUT2D eigenvalue weighted by atomic mass is 10.2. The first-order chi connectivity index (χ1) is 13.9. The van der Waals surface area contributed by atoms with Gasteiger partial charge in [-0.1, -0.05) is 18.2 Å². The van der Waals surface area contributed by atoms with Crippen molar-refractivity contribution in [1.82, 2.24) is 10.9 Å². The van der Waals surface area contributed by atoms with Crippen molar-refractivity contribution in [3.63, 3.8) is 0 Å². The van der Waals surface area contributed by atoms with Crippen molar-refractivity contribution >= 4 is 17.9 Å². The van der Waals surface area contributed by atoms with Crippen LogP contribution in [-0.4, -0.2) is 31.6 Å². The number of methoxy groups -OCH3 is 1. The summed E-state index contributed by atoms with van der Waals surface area (Å²) in [4.78, 5) is 23.9. The molecule has 2 N–H and O–H groups in total. The molecule has 0 aliphatic carbocycles. The quantitative estimate of drug-likeness (QED) is 0.524. The monoisotopic (exact) mass is 402 g/mol. The Morgan fingerprint density at radius 2 is 1.86 bits per heavy atom. The van der Waals surface area contributed by atoms with Crippen LogP contribution in [-0.2, 0) is 9.59 Å². The summed E-state index contributed by atoms with van der Waals surface area (Å²) < 4.78 is 29.5. The van der Waals surface area contributed by atoms with Gasteiger partial charge in [0, 0.05) is 6.08 Å². The zero-order valence-corrected chi connectivity index (χ0v) is 16.4. The minimum Gasteiger partial charge on any atom is -0.493 e. The van der Waals surface area contributed by atoms with E-state index in [2.05, 4.69) is 10.9 Å². The zero-order valence-electron chi connectivity index (χ0n) is 16.4. The number of carbonyl (C=O) groups is 2. The van der Waals surface area contributed by atoms with Crippen molar-refractivity contribution in [2.24, 2.45) is 0 Å². The van der Waals surface area contributed by atoms with E-state index in [1.165, 1.54) is 31.2 Å². The topological polar surface area (TPSA) is 85.9 Å². The van der Waals surface area contributed by atoms with Crippen molar-refractivity contribution in [3.8, 4) is 17.2 Å². The van der Waals surface area contributed by atoms with Crippen molar-refractivity contribution in [2.45, 2.75) is 20.0 Å². The fourth-order valence-electron chi connectivity index (χ4n) is 2.29. The summed E-state index contributed by atoms with van der Waals surface area (Å²) in [6.07, 6.45) is 1.80. The second-order valence-electron chi connectivity index (χ2n) is 5.85. The largest absolute Gasteiger partial charge is 0.493 e. The Hall–Kier alpha value is -3.55. The highest BCUT2D eigenvalue weighted by Gasteiger charge is 2.16. The average Bonchev–Trinajstić information content (AvgIpc) is 2.72. The van der Waals surface area contributed by atoms with Gasteiger partial charge in [0.15, 0.2) is 29.2 Å². The van der Waals surface area contributed by atoms with Gasteiger partial charge in [-0.05, 0) is 49.8 Å². The van der Waals surface area contributed by atoms with E-state index < -0.39 is 23.7 Å². The van der Waals surface area contributed by atoms with Crippen molar-refractivity contribution < 1.29 is 28.2 Å². The predicted octanol–water partition coefficient (Wildman–Crippen LogP) is 2.86. The van der Waals surface area contributed by atoms with Gasteiger partial charge in [0.2, 0.25) is 0 Å². The molecule has 0 aliphatic heterocycles. The van der Waals surface area contributed by atoms with Crippen molar-refractivity contribution in [3.05, 3.63) is 59.9 Å². The van der Waals surface area contributed by atoms with Crippen LogP contribution in [0.4, 0.5) is 4.39 Å². The molecule has 1 atom stereocenters. The third-order valence-electron chi connectivity index (χ3n) is 3.73. The van der Waals surface area contributed by atoms with Gasteiger partial charge in [-0.15, -0.1) is 0 Å². The molecule has 2 amide bonds. The van der Waals surface area contributed by atoms with Gasteiger partial charge >= 0.3 is 0 Å². The lowest BCUT2D eigenvalue weighted by Crippen LogP contribution is -2.46. The summed E-state index contributed by atoms with van der Waals surface area (Å²) in [5, 5.41) is 0. The minimum atomic E-state index is -1.01. The summed E-state index contributed by atoms with van der Waals surface area (Å²) in [6.45, 7) is 3.77. The minimum absolute atomic E-state index is 0.0500. The molecule has 2 aromatic carbocycles. The number of para-hydroxylation sites is 1. The molecule has 0 heterocycles. The summed E-state index contributed by atoms with van der Waals surface area (Å²) in [5.41, 5.74) is 5.18. The van der Waals surface area contributed by atoms with E-state index in [0.717, 1.165) is 0 Å². The summed E-state index contributed by atoms with van der Waals surface area (Å²) in [7, 11) is 1.54. The number of amides is 2. The first-order valence-electron chi connectivity index (χ1n) is 8.94. The first kappa shape index (κ1) is 21.7. The second-order valence-corrected chi connectivity index (χ2v) is 5.85. The summed E-state index contributed by atoms with van der Waals surface area (Å²) >= 11 is 0. The number of rotatable bonds is 8. The van der Waals surface area contributed by atoms with Crippen molar-refractivity contribution in [2.75, 3.05) is 13.7 Å². The second kappa shape index (κ2) is 10.7. The highest BCUT2D eigenvalue weighted by molar-refractivity contribution is 5.93. The highest BCUT2D eigenvalue weighted by atomic mass is 19.1. The predicted molar refractivity (Wildman–Crippen MR) is 106 cm³/mol. The molecule has 0 spiro atoms. The Morgan fingerprint density at radius 3 is 2.55 bits per heavy atom. The molecule has 0 unspecified atom stereocenters. The summed E-state index contributed by atoms with van der Waals surface area (Å²) in [6, 6.07) is 11.0. The molecule has 0 saturated carbocycles. The van der Waals surface area contributed by atoms with E-state index in [0.29, 0.717) is 23.7 Å². The van der Waals surface area contributed by atoms with Gasteiger partial charge in [-0.2, -0.15) is 0 Å². The standard InChI is InChI=1S/C21H23FN2O5/c1-4-28-19-13-15(9-11-18(19)27-3)10-12-20(25)23-24-21(26)14(2)29-17-8-6-5-7-16(17)22/h5-14H,4H2,1-3H3,(H,23,25)(H,24,26)/b12-10+/t14-/m1/s1. The number of hydrogen-bond donors (Lipinski definition) is 2. The number of nitrogens with one attached hydrogen (secondary N) is 2.